The number of hydrogen-bond acceptors (Lipinski definition) is 4. The van der Waals surface area contributed by atoms with Crippen LogP contribution in [0.15, 0.2) is 5.57 Å². The molecule has 0 aliphatic carbocycles. The van der Waals surface area contributed by atoms with Crippen molar-refractivity contribution in [2.24, 2.45) is 0 Å². The van der Waals surface area contributed by atoms with Crippen molar-refractivity contribution in [1.82, 2.24) is 10.2 Å². The van der Waals surface area contributed by atoms with Crippen molar-refractivity contribution in [3.05, 3.63) is 16.8 Å². The highest BCUT2D eigenvalue weighted by Gasteiger charge is 2.18. The predicted molar refractivity (Wildman–Crippen MR) is 60.4 cm³/mol. The molecule has 0 bridgehead atoms. The van der Waals surface area contributed by atoms with Gasteiger partial charge in [0.15, 0.2) is 5.69 Å². The van der Waals surface area contributed by atoms with Crippen LogP contribution in [0.4, 0.5) is 0 Å². The van der Waals surface area contributed by atoms with Crippen LogP contribution in [-0.2, 0) is 4.74 Å². The fraction of sp³-hybridized carbons (Fsp3) is 0.455. The molecule has 0 spiro atoms. The van der Waals surface area contributed by atoms with Crippen LogP contribution < -0.4 is 4.74 Å². The fourth-order valence-electron chi connectivity index (χ4n) is 1.26. The van der Waals surface area contributed by atoms with Gasteiger partial charge in [0.25, 0.3) is 0 Å². The van der Waals surface area contributed by atoms with Gasteiger partial charge in [0.05, 0.1) is 19.3 Å². The van der Waals surface area contributed by atoms with Gasteiger partial charge in [0.1, 0.15) is 0 Å². The number of H-pyrrole nitrogens is 1. The standard InChI is InChI=1S/C11H16N2O3/c1-5-16-10-8(6-7(2)3)9(12-13-10)11(14)15-4/h6H,5H2,1-4H3,(H,12,13). The summed E-state index contributed by atoms with van der Waals surface area (Å²) in [5.41, 5.74) is 1.99. The summed E-state index contributed by atoms with van der Waals surface area (Å²) >= 11 is 0. The Balaban J connectivity index is 3.19. The topological polar surface area (TPSA) is 64.2 Å². The largest absolute Gasteiger partial charge is 0.476 e. The van der Waals surface area contributed by atoms with Crippen LogP contribution in [0.3, 0.4) is 0 Å². The summed E-state index contributed by atoms with van der Waals surface area (Å²) in [4.78, 5) is 11.5. The molecule has 0 fully saturated rings. The van der Waals surface area contributed by atoms with Gasteiger partial charge in [0, 0.05) is 0 Å². The van der Waals surface area contributed by atoms with Gasteiger partial charge in [-0.15, -0.1) is 5.10 Å². The first-order valence-electron chi connectivity index (χ1n) is 5.04. The maximum Gasteiger partial charge on any atom is 0.356 e. The molecule has 0 saturated carbocycles. The van der Waals surface area contributed by atoms with Crippen LogP contribution >= 0.6 is 0 Å². The summed E-state index contributed by atoms with van der Waals surface area (Å²) in [6.07, 6.45) is 1.83. The summed E-state index contributed by atoms with van der Waals surface area (Å²) in [7, 11) is 1.33. The number of aromatic nitrogens is 2. The lowest BCUT2D eigenvalue weighted by atomic mass is 10.1. The van der Waals surface area contributed by atoms with Gasteiger partial charge in [-0.3, -0.25) is 5.10 Å². The minimum absolute atomic E-state index is 0.312. The quantitative estimate of drug-likeness (QED) is 0.794. The average molecular weight is 224 g/mol. The third kappa shape index (κ3) is 2.62. The zero-order valence-electron chi connectivity index (χ0n) is 9.96. The van der Waals surface area contributed by atoms with Crippen molar-refractivity contribution >= 4 is 12.0 Å². The molecule has 0 aliphatic rings. The second-order valence-corrected chi connectivity index (χ2v) is 3.46. The monoisotopic (exact) mass is 224 g/mol. The molecule has 0 radical (unpaired) electrons. The molecule has 5 nitrogen and oxygen atoms in total. The highest BCUT2D eigenvalue weighted by Crippen LogP contribution is 2.22. The summed E-state index contributed by atoms with van der Waals surface area (Å²) in [6, 6.07) is 0. The first-order valence-corrected chi connectivity index (χ1v) is 5.04. The summed E-state index contributed by atoms with van der Waals surface area (Å²) in [5, 5.41) is 6.56. The van der Waals surface area contributed by atoms with Crippen LogP contribution in [0, 0.1) is 0 Å². The third-order valence-corrected chi connectivity index (χ3v) is 1.87. The van der Waals surface area contributed by atoms with Crippen molar-refractivity contribution < 1.29 is 14.3 Å². The minimum atomic E-state index is -0.453. The molecule has 0 aliphatic heterocycles. The molecule has 0 unspecified atom stereocenters. The molecule has 1 heterocycles. The van der Waals surface area contributed by atoms with E-state index in [0.29, 0.717) is 23.7 Å². The molecule has 0 atom stereocenters. The number of rotatable bonds is 4. The Morgan fingerprint density at radius 1 is 1.50 bits per heavy atom. The smallest absolute Gasteiger partial charge is 0.356 e. The highest BCUT2D eigenvalue weighted by molar-refractivity contribution is 5.92. The first-order chi connectivity index (χ1) is 7.60. The van der Waals surface area contributed by atoms with E-state index in [2.05, 4.69) is 14.9 Å². The van der Waals surface area contributed by atoms with E-state index in [-0.39, 0.29) is 0 Å². The van der Waals surface area contributed by atoms with Crippen LogP contribution in [0.2, 0.25) is 0 Å². The van der Waals surface area contributed by atoms with Gasteiger partial charge in [-0.1, -0.05) is 5.57 Å². The fourth-order valence-corrected chi connectivity index (χ4v) is 1.26. The number of methoxy groups -OCH3 is 1. The lowest BCUT2D eigenvalue weighted by Crippen LogP contribution is -2.04. The van der Waals surface area contributed by atoms with Gasteiger partial charge < -0.3 is 9.47 Å². The number of aromatic amines is 1. The van der Waals surface area contributed by atoms with Crippen LogP contribution in [0.5, 0.6) is 5.88 Å². The number of hydrogen-bond donors (Lipinski definition) is 1. The molecule has 5 heteroatoms. The Morgan fingerprint density at radius 2 is 2.19 bits per heavy atom. The summed E-state index contributed by atoms with van der Waals surface area (Å²) in [6.45, 7) is 6.22. The molecular weight excluding hydrogens is 208 g/mol. The molecule has 0 aromatic carbocycles. The third-order valence-electron chi connectivity index (χ3n) is 1.87. The van der Waals surface area contributed by atoms with Crippen LogP contribution in [0.1, 0.15) is 36.8 Å². The Hall–Kier alpha value is -1.78. The number of ether oxygens (including phenoxy) is 2. The zero-order valence-corrected chi connectivity index (χ0v) is 9.96. The Bertz CT molecular complexity index is 403. The lowest BCUT2D eigenvalue weighted by molar-refractivity contribution is 0.0593. The lowest BCUT2D eigenvalue weighted by Gasteiger charge is -2.01. The molecule has 16 heavy (non-hydrogen) atoms. The normalized spacial score (nSPS) is 9.75. The molecular formula is C11H16N2O3. The van der Waals surface area contributed by atoms with E-state index in [4.69, 9.17) is 4.74 Å². The van der Waals surface area contributed by atoms with Gasteiger partial charge >= 0.3 is 5.97 Å². The van der Waals surface area contributed by atoms with E-state index < -0.39 is 5.97 Å². The molecule has 1 aromatic rings. The number of carbonyl (C=O) groups is 1. The molecule has 1 N–H and O–H groups in total. The second-order valence-electron chi connectivity index (χ2n) is 3.46. The maximum atomic E-state index is 11.5. The van der Waals surface area contributed by atoms with Crippen molar-refractivity contribution in [2.45, 2.75) is 20.8 Å². The number of nitrogens with zero attached hydrogens (tertiary/aromatic N) is 1. The van der Waals surface area contributed by atoms with Crippen molar-refractivity contribution in [1.29, 1.82) is 0 Å². The predicted octanol–water partition coefficient (Wildman–Crippen LogP) is 2.02. The Labute approximate surface area is 94.4 Å². The molecule has 1 aromatic heterocycles. The zero-order chi connectivity index (χ0) is 12.1. The SMILES string of the molecule is CCOc1n[nH]c(C(=O)OC)c1C=C(C)C. The second kappa shape index (κ2) is 5.34. The van der Waals surface area contributed by atoms with Crippen LogP contribution in [-0.4, -0.2) is 29.9 Å². The number of carbonyl (C=O) groups excluding carboxylic acids is 1. The number of allylic oxidation sites excluding steroid dienone is 1. The van der Waals surface area contributed by atoms with E-state index in [0.717, 1.165) is 5.57 Å². The molecule has 88 valence electrons. The Kier molecular flexibility index (Phi) is 4.10. The van der Waals surface area contributed by atoms with Gasteiger partial charge in [0.2, 0.25) is 5.88 Å². The first kappa shape index (κ1) is 12.3. The van der Waals surface area contributed by atoms with E-state index in [9.17, 15) is 4.79 Å². The minimum Gasteiger partial charge on any atom is -0.476 e. The molecule has 0 saturated heterocycles. The summed E-state index contributed by atoms with van der Waals surface area (Å²) in [5.74, 6) is -0.0324. The van der Waals surface area contributed by atoms with Crippen molar-refractivity contribution in [3.63, 3.8) is 0 Å². The average Bonchev–Trinajstić information content (AvgIpc) is 2.61. The number of esters is 1. The maximum absolute atomic E-state index is 11.5. The van der Waals surface area contributed by atoms with E-state index >= 15 is 0 Å². The van der Waals surface area contributed by atoms with Crippen LogP contribution in [0.25, 0.3) is 6.08 Å². The summed E-state index contributed by atoms with van der Waals surface area (Å²) < 4.78 is 9.97. The van der Waals surface area contributed by atoms with Gasteiger partial charge in [-0.05, 0) is 26.8 Å². The molecule has 1 rings (SSSR count). The van der Waals surface area contributed by atoms with E-state index in [1.807, 2.05) is 26.8 Å². The Morgan fingerprint density at radius 3 is 2.69 bits per heavy atom. The van der Waals surface area contributed by atoms with E-state index in [1.165, 1.54) is 7.11 Å². The number of nitrogens with one attached hydrogen (secondary N) is 1. The van der Waals surface area contributed by atoms with Crippen molar-refractivity contribution in [3.8, 4) is 5.88 Å². The van der Waals surface area contributed by atoms with Gasteiger partial charge in [-0.25, -0.2) is 4.79 Å². The van der Waals surface area contributed by atoms with Crippen molar-refractivity contribution in [2.75, 3.05) is 13.7 Å². The molecule has 0 amide bonds. The highest BCUT2D eigenvalue weighted by atomic mass is 16.5. The van der Waals surface area contributed by atoms with E-state index in [1.54, 1.807) is 0 Å². The van der Waals surface area contributed by atoms with Gasteiger partial charge in [-0.2, -0.15) is 0 Å².